The number of rotatable bonds is 6. The van der Waals surface area contributed by atoms with Crippen molar-refractivity contribution in [1.29, 1.82) is 0 Å². The maximum Gasteiger partial charge on any atom is 0.408 e. The second-order valence-corrected chi connectivity index (χ2v) is 8.87. The lowest BCUT2D eigenvalue weighted by atomic mass is 10.0. The minimum Gasteiger partial charge on any atom is -0.495 e. The molecule has 7 nitrogen and oxygen atoms in total. The lowest BCUT2D eigenvalue weighted by Gasteiger charge is -2.38. The fourth-order valence-electron chi connectivity index (χ4n) is 3.78. The van der Waals surface area contributed by atoms with Crippen LogP contribution >= 0.6 is 0 Å². The zero-order chi connectivity index (χ0) is 23.1. The van der Waals surface area contributed by atoms with E-state index >= 15 is 0 Å². The predicted molar refractivity (Wildman–Crippen MR) is 125 cm³/mol. The number of methoxy groups -OCH3 is 1. The minimum absolute atomic E-state index is 0.0978. The van der Waals surface area contributed by atoms with Crippen LogP contribution in [0.25, 0.3) is 0 Å². The summed E-state index contributed by atoms with van der Waals surface area (Å²) in [5.74, 6) is 0.722. The Morgan fingerprint density at radius 1 is 0.969 bits per heavy atom. The van der Waals surface area contributed by atoms with Crippen LogP contribution < -0.4 is 15.0 Å². The molecule has 1 fully saturated rings. The maximum absolute atomic E-state index is 13.4. The summed E-state index contributed by atoms with van der Waals surface area (Å²) < 4.78 is 10.9. The van der Waals surface area contributed by atoms with Crippen molar-refractivity contribution in [2.75, 3.05) is 38.2 Å². The van der Waals surface area contributed by atoms with E-state index in [1.807, 2.05) is 59.5 Å². The Morgan fingerprint density at radius 2 is 1.59 bits per heavy atom. The molecular formula is C25H33N3O4. The SMILES string of the molecule is COc1ccccc1N1CCN(C(=O)C(Cc2ccccc2)NC(=O)OC(C)(C)C)CC1. The van der Waals surface area contributed by atoms with Gasteiger partial charge in [0.05, 0.1) is 12.8 Å². The van der Waals surface area contributed by atoms with Crippen LogP contribution in [-0.2, 0) is 16.0 Å². The Bertz CT molecular complexity index is 903. The lowest BCUT2D eigenvalue weighted by molar-refractivity contribution is -0.133. The summed E-state index contributed by atoms with van der Waals surface area (Å²) in [6, 6.07) is 16.9. The molecule has 2 aromatic carbocycles. The average Bonchev–Trinajstić information content (AvgIpc) is 2.77. The van der Waals surface area contributed by atoms with Crippen LogP contribution in [-0.4, -0.2) is 61.8 Å². The highest BCUT2D eigenvalue weighted by molar-refractivity contribution is 5.86. The predicted octanol–water partition coefficient (Wildman–Crippen LogP) is 3.48. The van der Waals surface area contributed by atoms with E-state index in [9.17, 15) is 9.59 Å². The number of carbonyl (C=O) groups excluding carboxylic acids is 2. The molecule has 1 aliphatic heterocycles. The topological polar surface area (TPSA) is 71.1 Å². The van der Waals surface area contributed by atoms with Crippen molar-refractivity contribution in [3.63, 3.8) is 0 Å². The summed E-state index contributed by atoms with van der Waals surface area (Å²) in [7, 11) is 1.66. The molecule has 32 heavy (non-hydrogen) atoms. The van der Waals surface area contributed by atoms with Gasteiger partial charge >= 0.3 is 6.09 Å². The van der Waals surface area contributed by atoms with Crippen molar-refractivity contribution >= 4 is 17.7 Å². The Hall–Kier alpha value is -3.22. The second kappa shape index (κ2) is 10.4. The number of amides is 2. The second-order valence-electron chi connectivity index (χ2n) is 8.87. The number of nitrogens with one attached hydrogen (secondary N) is 1. The van der Waals surface area contributed by atoms with Gasteiger partial charge in [0.2, 0.25) is 5.91 Å². The highest BCUT2D eigenvalue weighted by Gasteiger charge is 2.30. The summed E-state index contributed by atoms with van der Waals surface area (Å²) in [5.41, 5.74) is 1.37. The van der Waals surface area contributed by atoms with Gasteiger partial charge in [-0.15, -0.1) is 0 Å². The number of nitrogens with zero attached hydrogens (tertiary/aromatic N) is 2. The Labute approximate surface area is 190 Å². The van der Waals surface area contributed by atoms with Gasteiger partial charge in [-0.2, -0.15) is 0 Å². The molecule has 1 N–H and O–H groups in total. The number of anilines is 1. The Balaban J connectivity index is 1.68. The van der Waals surface area contributed by atoms with Gasteiger partial charge in [-0.05, 0) is 38.5 Å². The van der Waals surface area contributed by atoms with E-state index in [1.165, 1.54) is 0 Å². The number of hydrogen-bond donors (Lipinski definition) is 1. The van der Waals surface area contributed by atoms with Crippen molar-refractivity contribution in [1.82, 2.24) is 10.2 Å². The third-order valence-corrected chi connectivity index (χ3v) is 5.29. The molecule has 1 heterocycles. The number of carbonyl (C=O) groups is 2. The zero-order valence-electron chi connectivity index (χ0n) is 19.3. The molecule has 0 aromatic heterocycles. The zero-order valence-corrected chi connectivity index (χ0v) is 19.3. The lowest BCUT2D eigenvalue weighted by Crippen LogP contribution is -2.56. The first-order valence-corrected chi connectivity index (χ1v) is 11.0. The van der Waals surface area contributed by atoms with Gasteiger partial charge in [0.25, 0.3) is 0 Å². The van der Waals surface area contributed by atoms with Crippen LogP contribution in [0.4, 0.5) is 10.5 Å². The standard InChI is InChI=1S/C25H33N3O4/c1-25(2,3)32-24(30)26-20(18-19-10-6-5-7-11-19)23(29)28-16-14-27(15-17-28)21-12-8-9-13-22(21)31-4/h5-13,20H,14-18H2,1-4H3,(H,26,30). The quantitative estimate of drug-likeness (QED) is 0.746. The van der Waals surface area contributed by atoms with Gasteiger partial charge in [-0.1, -0.05) is 42.5 Å². The number of ether oxygens (including phenoxy) is 2. The van der Waals surface area contributed by atoms with E-state index in [1.54, 1.807) is 27.9 Å². The van der Waals surface area contributed by atoms with Crippen molar-refractivity contribution < 1.29 is 19.1 Å². The van der Waals surface area contributed by atoms with Crippen LogP contribution in [0.3, 0.4) is 0 Å². The third-order valence-electron chi connectivity index (χ3n) is 5.29. The molecule has 3 rings (SSSR count). The van der Waals surface area contributed by atoms with Gasteiger partial charge in [0, 0.05) is 32.6 Å². The van der Waals surface area contributed by atoms with Gasteiger partial charge < -0.3 is 24.6 Å². The van der Waals surface area contributed by atoms with Gasteiger partial charge in [-0.3, -0.25) is 4.79 Å². The Kier molecular flexibility index (Phi) is 7.62. The van der Waals surface area contributed by atoms with Crippen molar-refractivity contribution in [2.24, 2.45) is 0 Å². The normalized spacial score (nSPS) is 15.1. The molecule has 0 bridgehead atoms. The molecule has 0 spiro atoms. The first-order valence-electron chi connectivity index (χ1n) is 11.0. The molecule has 2 amide bonds. The van der Waals surface area contributed by atoms with Crippen molar-refractivity contribution in [2.45, 2.75) is 38.8 Å². The number of hydrogen-bond acceptors (Lipinski definition) is 5. The van der Waals surface area contributed by atoms with Gasteiger partial charge in [-0.25, -0.2) is 4.79 Å². The number of benzene rings is 2. The molecule has 7 heteroatoms. The third kappa shape index (κ3) is 6.39. The largest absolute Gasteiger partial charge is 0.495 e. The van der Waals surface area contributed by atoms with Gasteiger partial charge in [0.15, 0.2) is 0 Å². The van der Waals surface area contributed by atoms with Crippen molar-refractivity contribution in [3.8, 4) is 5.75 Å². The van der Waals surface area contributed by atoms with Crippen LogP contribution in [0.5, 0.6) is 5.75 Å². The molecule has 172 valence electrons. The van der Waals surface area contributed by atoms with E-state index in [-0.39, 0.29) is 5.91 Å². The monoisotopic (exact) mass is 439 g/mol. The molecule has 0 aliphatic carbocycles. The first kappa shape index (κ1) is 23.4. The maximum atomic E-state index is 13.4. The fourth-order valence-corrected chi connectivity index (χ4v) is 3.78. The van der Waals surface area contributed by atoms with Crippen LogP contribution in [0.15, 0.2) is 54.6 Å². The van der Waals surface area contributed by atoms with Crippen LogP contribution in [0, 0.1) is 0 Å². The van der Waals surface area contributed by atoms with E-state index in [0.717, 1.165) is 17.0 Å². The first-order chi connectivity index (χ1) is 15.3. The minimum atomic E-state index is -0.690. The molecule has 2 aromatic rings. The number of piperazine rings is 1. The smallest absolute Gasteiger partial charge is 0.408 e. The summed E-state index contributed by atoms with van der Waals surface area (Å²) >= 11 is 0. The summed E-state index contributed by atoms with van der Waals surface area (Å²) in [6.45, 7) is 7.93. The molecule has 1 atom stereocenters. The fraction of sp³-hybridized carbons (Fsp3) is 0.440. The highest BCUT2D eigenvalue weighted by atomic mass is 16.6. The van der Waals surface area contributed by atoms with Crippen molar-refractivity contribution in [3.05, 3.63) is 60.2 Å². The summed E-state index contributed by atoms with van der Waals surface area (Å²) in [5, 5.41) is 2.79. The van der Waals surface area contributed by atoms with Crippen LogP contribution in [0.1, 0.15) is 26.3 Å². The molecule has 0 saturated carbocycles. The Morgan fingerprint density at radius 3 is 2.22 bits per heavy atom. The number of alkyl carbamates (subject to hydrolysis) is 1. The molecule has 1 saturated heterocycles. The van der Waals surface area contributed by atoms with E-state index in [4.69, 9.17) is 9.47 Å². The summed E-state index contributed by atoms with van der Waals surface area (Å²) in [4.78, 5) is 29.8. The number of para-hydroxylation sites is 2. The van der Waals surface area contributed by atoms with E-state index in [2.05, 4.69) is 10.2 Å². The molecule has 1 aliphatic rings. The molecular weight excluding hydrogens is 406 g/mol. The highest BCUT2D eigenvalue weighted by Crippen LogP contribution is 2.28. The van der Waals surface area contributed by atoms with E-state index in [0.29, 0.717) is 32.6 Å². The summed E-state index contributed by atoms with van der Waals surface area (Å²) in [6.07, 6.45) is -0.175. The van der Waals surface area contributed by atoms with E-state index < -0.39 is 17.7 Å². The molecule has 1 unspecified atom stereocenters. The average molecular weight is 440 g/mol. The van der Waals surface area contributed by atoms with Crippen LogP contribution in [0.2, 0.25) is 0 Å². The van der Waals surface area contributed by atoms with Gasteiger partial charge in [0.1, 0.15) is 17.4 Å². The molecule has 0 radical (unpaired) electrons.